The number of carbonyl (C=O) groups is 1. The van der Waals surface area contributed by atoms with E-state index in [2.05, 4.69) is 10.3 Å². The Hall–Kier alpha value is -2.32. The van der Waals surface area contributed by atoms with Crippen molar-refractivity contribution < 1.29 is 9.53 Å². The van der Waals surface area contributed by atoms with Gasteiger partial charge in [0, 0.05) is 12.7 Å². The monoisotopic (exact) mass is 389 g/mol. The number of anilines is 1. The van der Waals surface area contributed by atoms with E-state index in [0.29, 0.717) is 27.7 Å². The normalized spacial score (nSPS) is 12.1. The first-order valence-electron chi connectivity index (χ1n) is 8.14. The van der Waals surface area contributed by atoms with Gasteiger partial charge in [0.2, 0.25) is 5.91 Å². The number of nitrogens with zero attached hydrogens (tertiary/aromatic N) is 2. The molecule has 1 N–H and O–H groups in total. The van der Waals surface area contributed by atoms with Crippen molar-refractivity contribution in [2.24, 2.45) is 7.05 Å². The van der Waals surface area contributed by atoms with E-state index in [0.717, 1.165) is 5.75 Å². The molecule has 0 fully saturated rings. The highest BCUT2D eigenvalue weighted by Crippen LogP contribution is 2.25. The fourth-order valence-corrected chi connectivity index (χ4v) is 4.01. The smallest absolute Gasteiger partial charge is 0.271 e. The summed E-state index contributed by atoms with van der Waals surface area (Å²) in [5.41, 5.74) is 1.27. The van der Waals surface area contributed by atoms with Crippen LogP contribution in [0.2, 0.25) is 0 Å². The Morgan fingerprint density at radius 1 is 1.35 bits per heavy atom. The van der Waals surface area contributed by atoms with Crippen molar-refractivity contribution in [3.05, 3.63) is 46.1 Å². The Morgan fingerprint density at radius 2 is 2.08 bits per heavy atom. The Morgan fingerprint density at radius 3 is 2.77 bits per heavy atom. The highest BCUT2D eigenvalue weighted by atomic mass is 32.2. The van der Waals surface area contributed by atoms with E-state index in [4.69, 9.17) is 4.74 Å². The van der Waals surface area contributed by atoms with Gasteiger partial charge >= 0.3 is 0 Å². The number of rotatable bonds is 6. The van der Waals surface area contributed by atoms with Crippen LogP contribution in [0.1, 0.15) is 13.8 Å². The summed E-state index contributed by atoms with van der Waals surface area (Å²) in [6.45, 7) is 4.31. The SMILES string of the molecule is CCOc1ccc(NC(=O)[C@H](C)Sc2nc3ccsc3c(=O)n2C)cc1. The van der Waals surface area contributed by atoms with Crippen molar-refractivity contribution in [2.45, 2.75) is 24.3 Å². The first kappa shape index (κ1) is 18.5. The molecule has 0 aliphatic heterocycles. The van der Waals surface area contributed by atoms with Crippen LogP contribution in [0.5, 0.6) is 5.75 Å². The number of hydrogen-bond donors (Lipinski definition) is 1. The molecule has 0 unspecified atom stereocenters. The van der Waals surface area contributed by atoms with Gasteiger partial charge < -0.3 is 10.1 Å². The highest BCUT2D eigenvalue weighted by Gasteiger charge is 2.18. The largest absolute Gasteiger partial charge is 0.494 e. The molecule has 3 aromatic rings. The average Bonchev–Trinajstić information content (AvgIpc) is 3.10. The van der Waals surface area contributed by atoms with Crippen molar-refractivity contribution >= 4 is 44.9 Å². The minimum atomic E-state index is -0.407. The van der Waals surface area contributed by atoms with Gasteiger partial charge in [-0.1, -0.05) is 11.8 Å². The lowest BCUT2D eigenvalue weighted by atomic mass is 10.3. The summed E-state index contributed by atoms with van der Waals surface area (Å²) < 4.78 is 7.51. The molecule has 0 saturated carbocycles. The number of amides is 1. The highest BCUT2D eigenvalue weighted by molar-refractivity contribution is 8.00. The van der Waals surface area contributed by atoms with Gasteiger partial charge in [0.05, 0.1) is 17.4 Å². The summed E-state index contributed by atoms with van der Waals surface area (Å²) in [5, 5.41) is 4.83. The minimum Gasteiger partial charge on any atom is -0.494 e. The zero-order chi connectivity index (χ0) is 18.7. The second kappa shape index (κ2) is 7.92. The van der Waals surface area contributed by atoms with E-state index in [9.17, 15) is 9.59 Å². The fraction of sp³-hybridized carbons (Fsp3) is 0.278. The average molecular weight is 390 g/mol. The van der Waals surface area contributed by atoms with E-state index in [1.165, 1.54) is 27.7 Å². The van der Waals surface area contributed by atoms with Gasteiger partial charge in [-0.05, 0) is 49.6 Å². The molecule has 26 heavy (non-hydrogen) atoms. The van der Waals surface area contributed by atoms with Gasteiger partial charge in [0.25, 0.3) is 5.56 Å². The maximum Gasteiger partial charge on any atom is 0.271 e. The van der Waals surface area contributed by atoms with Gasteiger partial charge in [0.1, 0.15) is 10.4 Å². The quantitative estimate of drug-likeness (QED) is 0.516. The second-order valence-corrected chi connectivity index (χ2v) is 7.82. The van der Waals surface area contributed by atoms with E-state index in [-0.39, 0.29) is 11.5 Å². The molecule has 2 heterocycles. The Bertz CT molecular complexity index is 980. The predicted molar refractivity (Wildman–Crippen MR) is 106 cm³/mol. The molecule has 1 amide bonds. The van der Waals surface area contributed by atoms with E-state index < -0.39 is 5.25 Å². The lowest BCUT2D eigenvalue weighted by Gasteiger charge is -2.13. The molecule has 1 atom stereocenters. The molecule has 1 aromatic carbocycles. The first-order valence-corrected chi connectivity index (χ1v) is 9.90. The summed E-state index contributed by atoms with van der Waals surface area (Å²) in [7, 11) is 1.67. The van der Waals surface area contributed by atoms with Crippen LogP contribution in [0.4, 0.5) is 5.69 Å². The number of ether oxygens (including phenoxy) is 1. The van der Waals surface area contributed by atoms with E-state index in [1.54, 1.807) is 26.1 Å². The van der Waals surface area contributed by atoms with Gasteiger partial charge in [-0.25, -0.2) is 4.98 Å². The molecule has 0 aliphatic carbocycles. The fourth-order valence-electron chi connectivity index (χ4n) is 2.33. The predicted octanol–water partition coefficient (Wildman–Crippen LogP) is 3.51. The van der Waals surface area contributed by atoms with Crippen LogP contribution in [-0.2, 0) is 11.8 Å². The number of carbonyl (C=O) groups excluding carboxylic acids is 1. The van der Waals surface area contributed by atoms with Gasteiger partial charge in [-0.15, -0.1) is 11.3 Å². The first-order chi connectivity index (χ1) is 12.5. The zero-order valence-electron chi connectivity index (χ0n) is 14.7. The molecule has 0 saturated heterocycles. The number of thioether (sulfide) groups is 1. The van der Waals surface area contributed by atoms with Crippen LogP contribution in [0.15, 0.2) is 45.7 Å². The van der Waals surface area contributed by atoms with Crippen LogP contribution in [0.3, 0.4) is 0 Å². The summed E-state index contributed by atoms with van der Waals surface area (Å²) in [6.07, 6.45) is 0. The molecule has 2 aromatic heterocycles. The molecular weight excluding hydrogens is 370 g/mol. The van der Waals surface area contributed by atoms with Gasteiger partial charge in [0.15, 0.2) is 5.16 Å². The van der Waals surface area contributed by atoms with E-state index in [1.807, 2.05) is 30.5 Å². The van der Waals surface area contributed by atoms with Crippen molar-refractivity contribution in [3.8, 4) is 5.75 Å². The van der Waals surface area contributed by atoms with Gasteiger partial charge in [-0.2, -0.15) is 0 Å². The molecule has 8 heteroatoms. The maximum atomic E-state index is 12.5. The Balaban J connectivity index is 1.71. The van der Waals surface area contributed by atoms with Crippen molar-refractivity contribution in [1.29, 1.82) is 0 Å². The lowest BCUT2D eigenvalue weighted by molar-refractivity contribution is -0.115. The molecule has 0 aliphatic rings. The van der Waals surface area contributed by atoms with Crippen molar-refractivity contribution in [2.75, 3.05) is 11.9 Å². The lowest BCUT2D eigenvalue weighted by Crippen LogP contribution is -2.25. The summed E-state index contributed by atoms with van der Waals surface area (Å²) >= 11 is 2.63. The Labute approximate surface area is 159 Å². The number of fused-ring (bicyclic) bond motifs is 1. The van der Waals surface area contributed by atoms with E-state index >= 15 is 0 Å². The van der Waals surface area contributed by atoms with Crippen LogP contribution >= 0.6 is 23.1 Å². The summed E-state index contributed by atoms with van der Waals surface area (Å²) in [6, 6.07) is 9.03. The third-order valence-corrected chi connectivity index (χ3v) is 5.77. The molecule has 0 bridgehead atoms. The number of aromatic nitrogens is 2. The van der Waals surface area contributed by atoms with Crippen LogP contribution in [-0.4, -0.2) is 27.3 Å². The maximum absolute atomic E-state index is 12.5. The molecule has 3 rings (SSSR count). The molecule has 0 radical (unpaired) electrons. The van der Waals surface area contributed by atoms with Gasteiger partial charge in [-0.3, -0.25) is 14.2 Å². The molecule has 6 nitrogen and oxygen atoms in total. The van der Waals surface area contributed by atoms with Crippen LogP contribution in [0, 0.1) is 0 Å². The number of nitrogens with one attached hydrogen (secondary N) is 1. The van der Waals surface area contributed by atoms with Crippen molar-refractivity contribution in [3.63, 3.8) is 0 Å². The van der Waals surface area contributed by atoms with Crippen LogP contribution in [0.25, 0.3) is 10.2 Å². The molecular formula is C18H19N3O3S2. The summed E-state index contributed by atoms with van der Waals surface area (Å²) in [5.74, 6) is 0.606. The van der Waals surface area contributed by atoms with Crippen molar-refractivity contribution in [1.82, 2.24) is 9.55 Å². The molecule has 136 valence electrons. The topological polar surface area (TPSA) is 73.2 Å². The standard InChI is InChI=1S/C18H19N3O3S2/c1-4-24-13-7-5-12(6-8-13)19-16(22)11(2)26-18-20-14-9-10-25-15(14)17(23)21(18)3/h5-11H,4H2,1-3H3,(H,19,22)/t11-/m0/s1. The minimum absolute atomic E-state index is 0.0911. The third-order valence-electron chi connectivity index (χ3n) is 3.73. The number of hydrogen-bond acceptors (Lipinski definition) is 6. The second-order valence-electron chi connectivity index (χ2n) is 5.60. The zero-order valence-corrected chi connectivity index (χ0v) is 16.3. The number of benzene rings is 1. The van der Waals surface area contributed by atoms with Crippen LogP contribution < -0.4 is 15.6 Å². The molecule has 0 spiro atoms. The summed E-state index contributed by atoms with van der Waals surface area (Å²) in [4.78, 5) is 29.3. The Kier molecular flexibility index (Phi) is 5.63. The third kappa shape index (κ3) is 3.91. The number of thiophene rings is 1.